The van der Waals surface area contributed by atoms with E-state index >= 15 is 0 Å². The molecule has 4 unspecified atom stereocenters. The number of carbonyl (C=O) groups excluding carboxylic acids is 4. The minimum atomic E-state index is -0.659. The van der Waals surface area contributed by atoms with E-state index in [1.54, 1.807) is 14.1 Å². The third kappa shape index (κ3) is 16.0. The van der Waals surface area contributed by atoms with Crippen LogP contribution in [0.1, 0.15) is 126 Å². The van der Waals surface area contributed by atoms with Gasteiger partial charge in [0.25, 0.3) is 5.91 Å². The monoisotopic (exact) mass is 938 g/mol. The molecule has 4 aliphatic rings. The Morgan fingerprint density at radius 2 is 1.07 bits per heavy atom. The number of amides is 1. The molecule has 6 rings (SSSR count). The fraction of sp³-hybridized carbons (Fsp3) is 0.698. The predicted molar refractivity (Wildman–Crippen MR) is 252 cm³/mol. The van der Waals surface area contributed by atoms with Gasteiger partial charge in [0.2, 0.25) is 0 Å². The molecule has 14 nitrogen and oxygen atoms in total. The maximum absolute atomic E-state index is 12.0. The van der Waals surface area contributed by atoms with Crippen molar-refractivity contribution in [3.05, 3.63) is 58.7 Å². The Kier molecular flexibility index (Phi) is 21.9. The lowest BCUT2D eigenvalue weighted by Crippen LogP contribution is -2.29. The number of esters is 2. The Labute approximate surface area is 397 Å². The number of carbonyl (C=O) groups is 4. The van der Waals surface area contributed by atoms with Crippen LogP contribution in [0.5, 0.6) is 11.5 Å². The summed E-state index contributed by atoms with van der Waals surface area (Å²) in [4.78, 5) is 47.9. The van der Waals surface area contributed by atoms with Gasteiger partial charge < -0.3 is 49.4 Å². The molecule has 67 heavy (non-hydrogen) atoms. The van der Waals surface area contributed by atoms with Crippen LogP contribution < -0.4 is 9.47 Å². The van der Waals surface area contributed by atoms with E-state index in [1.807, 2.05) is 24.3 Å². The Morgan fingerprint density at radius 1 is 0.627 bits per heavy atom. The highest BCUT2D eigenvalue weighted by molar-refractivity contribution is 5.83. The van der Waals surface area contributed by atoms with Crippen LogP contribution in [0.25, 0.3) is 0 Å². The Balaban J connectivity index is 0.000000251. The predicted octanol–water partition coefficient (Wildman–Crippen LogP) is 5.73. The largest absolute Gasteiger partial charge is 0.482 e. The van der Waals surface area contributed by atoms with Gasteiger partial charge in [0, 0.05) is 14.1 Å². The fourth-order valence-electron chi connectivity index (χ4n) is 11.0. The first-order chi connectivity index (χ1) is 32.2. The van der Waals surface area contributed by atoms with E-state index in [1.165, 1.54) is 16.0 Å². The second-order valence-electron chi connectivity index (χ2n) is 19.7. The van der Waals surface area contributed by atoms with E-state index in [0.717, 1.165) is 127 Å². The molecule has 374 valence electrons. The molecule has 2 saturated carbocycles. The van der Waals surface area contributed by atoms with Crippen LogP contribution in [-0.4, -0.2) is 126 Å². The molecule has 1 amide bonds. The lowest BCUT2D eigenvalue weighted by Gasteiger charge is -2.32. The molecule has 0 bridgehead atoms. The smallest absolute Gasteiger partial charge is 0.344 e. The number of unbranched alkanes of at least 4 members (excludes halogenated alkanes) is 4. The Bertz CT molecular complexity index is 1890. The van der Waals surface area contributed by atoms with Gasteiger partial charge in [-0.25, -0.2) is 9.59 Å². The van der Waals surface area contributed by atoms with Gasteiger partial charge in [-0.05, 0) is 147 Å². The summed E-state index contributed by atoms with van der Waals surface area (Å²) < 4.78 is 21.3. The zero-order valence-electron chi connectivity index (χ0n) is 40.5. The zero-order valence-corrected chi connectivity index (χ0v) is 40.5. The second-order valence-corrected chi connectivity index (χ2v) is 19.7. The molecule has 0 spiro atoms. The fourth-order valence-corrected chi connectivity index (χ4v) is 11.0. The lowest BCUT2D eigenvalue weighted by molar-refractivity contribution is -0.152. The molecule has 14 heteroatoms. The van der Waals surface area contributed by atoms with E-state index in [-0.39, 0.29) is 62.0 Å². The van der Waals surface area contributed by atoms with Crippen molar-refractivity contribution in [2.24, 2.45) is 35.5 Å². The Hall–Kier alpha value is -4.08. The van der Waals surface area contributed by atoms with Crippen molar-refractivity contribution in [1.29, 1.82) is 0 Å². The van der Waals surface area contributed by atoms with Crippen molar-refractivity contribution in [1.82, 2.24) is 4.90 Å². The standard InChI is InChI=1S/C27H41NO6.C26H38O7/c1-4-5-6-9-20(29)11-12-21-22-13-18-8-7-10-25(23(18)14-19(22)15-24(21)30)33-17-27(32)34-16-26(31)28(2)3;1-2-3-4-7-19(28)9-10-21-22-11-17-6-5-8-25(23(17)12-18(22)13-24(21)30)32-16-26(31)33-15-20(29)14-27/h7-8,10,19-22,24,29-30H,4-6,9,11-17H2,1-3H3;5-6,8,18-19,21-22,24,27-28,30H,2-4,7,9-16H2,1H3/t19?,20-,21-,22?,24-;18?,19-,21-,22?,24-/m11/s1. The number of nitrogens with zero attached hydrogens (tertiary/aromatic N) is 1. The molecule has 0 radical (unpaired) electrons. The second kappa shape index (κ2) is 27.2. The molecule has 0 aromatic heterocycles. The van der Waals surface area contributed by atoms with Gasteiger partial charge in [0.1, 0.15) is 18.1 Å². The number of benzene rings is 2. The summed E-state index contributed by atoms with van der Waals surface area (Å²) in [5.74, 6) is 1.19. The molecule has 0 heterocycles. The zero-order chi connectivity index (χ0) is 48.5. The van der Waals surface area contributed by atoms with Crippen LogP contribution in [0.15, 0.2) is 36.4 Å². The van der Waals surface area contributed by atoms with E-state index < -0.39 is 30.9 Å². The number of aliphatic hydroxyl groups excluding tert-OH is 5. The summed E-state index contributed by atoms with van der Waals surface area (Å²) in [5.41, 5.74) is 4.57. The van der Waals surface area contributed by atoms with Crippen LogP contribution in [0.3, 0.4) is 0 Å². The highest BCUT2D eigenvalue weighted by Crippen LogP contribution is 2.50. The van der Waals surface area contributed by atoms with E-state index in [9.17, 15) is 39.6 Å². The minimum Gasteiger partial charge on any atom is -0.482 e. The molecule has 10 atom stereocenters. The number of likely N-dealkylation sites (N-methyl/N-ethyl adjacent to an activating group) is 1. The van der Waals surface area contributed by atoms with Crippen molar-refractivity contribution in [2.75, 3.05) is 47.1 Å². The third-order valence-electron chi connectivity index (χ3n) is 14.8. The number of rotatable bonds is 25. The van der Waals surface area contributed by atoms with Crippen LogP contribution >= 0.6 is 0 Å². The molecule has 2 aromatic rings. The summed E-state index contributed by atoms with van der Waals surface area (Å²) >= 11 is 0. The highest BCUT2D eigenvalue weighted by Gasteiger charge is 2.46. The summed E-state index contributed by atoms with van der Waals surface area (Å²) in [5, 5.41) is 51.0. The molecule has 0 saturated heterocycles. The first kappa shape index (κ1) is 53.9. The van der Waals surface area contributed by atoms with Crippen molar-refractivity contribution in [3.8, 4) is 11.5 Å². The van der Waals surface area contributed by atoms with E-state index in [4.69, 9.17) is 24.1 Å². The van der Waals surface area contributed by atoms with Crippen LogP contribution in [0.2, 0.25) is 0 Å². The van der Waals surface area contributed by atoms with Gasteiger partial charge in [0.15, 0.2) is 32.2 Å². The molecule has 5 N–H and O–H groups in total. The van der Waals surface area contributed by atoms with Crippen molar-refractivity contribution in [3.63, 3.8) is 0 Å². The average Bonchev–Trinajstić information content (AvgIpc) is 3.80. The molecule has 2 aromatic carbocycles. The third-order valence-corrected chi connectivity index (χ3v) is 14.8. The highest BCUT2D eigenvalue weighted by atomic mass is 16.6. The normalized spacial score (nSPS) is 24.4. The van der Waals surface area contributed by atoms with Crippen molar-refractivity contribution in [2.45, 2.75) is 154 Å². The van der Waals surface area contributed by atoms with Crippen LogP contribution in [0, 0.1) is 35.5 Å². The number of ketones is 1. The number of hydrogen-bond donors (Lipinski definition) is 5. The SMILES string of the molecule is CCCCC[C@@H](O)CC[C@@H]1C2Cc3cccc(OCC(=O)OCC(=O)CO)c3CC2C[C@H]1O.CCCCC[C@@H](O)CC[C@@H]1C2Cc3cccc(OCC(=O)OCC(=O)N(C)C)c3CC2C[C@H]1O. The average molecular weight is 938 g/mol. The maximum atomic E-state index is 12.0. The number of hydrogen-bond acceptors (Lipinski definition) is 13. The van der Waals surface area contributed by atoms with Crippen LogP contribution in [0.4, 0.5) is 0 Å². The number of ether oxygens (including phenoxy) is 4. The first-order valence-electron chi connectivity index (χ1n) is 25.1. The number of fused-ring (bicyclic) bond motifs is 4. The molecule has 4 aliphatic carbocycles. The Morgan fingerprint density at radius 3 is 1.49 bits per heavy atom. The van der Waals surface area contributed by atoms with Crippen molar-refractivity contribution >= 4 is 23.6 Å². The van der Waals surface area contributed by atoms with Gasteiger partial charge >= 0.3 is 11.9 Å². The van der Waals surface area contributed by atoms with Gasteiger partial charge in [-0.3, -0.25) is 9.59 Å². The summed E-state index contributed by atoms with van der Waals surface area (Å²) in [6, 6.07) is 11.7. The summed E-state index contributed by atoms with van der Waals surface area (Å²) in [7, 11) is 3.22. The number of Topliss-reactive ketones (excluding diaryl/α,β-unsaturated/α-hetero) is 1. The summed E-state index contributed by atoms with van der Waals surface area (Å²) in [6.45, 7) is 2.37. The van der Waals surface area contributed by atoms with E-state index in [0.29, 0.717) is 35.2 Å². The lowest BCUT2D eigenvalue weighted by atomic mass is 9.73. The maximum Gasteiger partial charge on any atom is 0.344 e. The van der Waals surface area contributed by atoms with E-state index in [2.05, 4.69) is 26.0 Å². The first-order valence-corrected chi connectivity index (χ1v) is 25.1. The van der Waals surface area contributed by atoms with Gasteiger partial charge in [-0.1, -0.05) is 76.6 Å². The summed E-state index contributed by atoms with van der Waals surface area (Å²) in [6.07, 6.45) is 15.2. The van der Waals surface area contributed by atoms with Crippen molar-refractivity contribution < 1.29 is 63.7 Å². The molecule has 2 fully saturated rings. The molecular weight excluding hydrogens is 859 g/mol. The molecular formula is C53H79NO13. The van der Waals surface area contributed by atoms with Gasteiger partial charge in [-0.2, -0.15) is 0 Å². The van der Waals surface area contributed by atoms with Crippen LogP contribution in [-0.2, 0) is 54.3 Å². The minimum absolute atomic E-state index is 0.201. The number of aliphatic hydroxyl groups is 5. The molecule has 0 aliphatic heterocycles. The van der Waals surface area contributed by atoms with Gasteiger partial charge in [-0.15, -0.1) is 0 Å². The van der Waals surface area contributed by atoms with Gasteiger partial charge in [0.05, 0.1) is 24.4 Å². The quantitative estimate of drug-likeness (QED) is 0.0596. The topological polar surface area (TPSA) is 210 Å².